The number of pyridine rings is 1. The number of nitrogens with two attached hydrogens (primary N) is 1. The van der Waals surface area contributed by atoms with Gasteiger partial charge >= 0.3 is 0 Å². The van der Waals surface area contributed by atoms with Crippen molar-refractivity contribution >= 4 is 28.5 Å². The van der Waals surface area contributed by atoms with Crippen LogP contribution in [-0.2, 0) is 17.8 Å². The second-order valence-electron chi connectivity index (χ2n) is 12.1. The number of benzene rings is 2. The van der Waals surface area contributed by atoms with Crippen molar-refractivity contribution in [2.24, 2.45) is 11.7 Å². The molecule has 7 rings (SSSR count). The van der Waals surface area contributed by atoms with Gasteiger partial charge in [0.2, 0.25) is 0 Å². The molecule has 9 nitrogen and oxygen atoms in total. The molecule has 4 heterocycles. The largest absolute Gasteiger partial charge is 0.482 e. The number of hydrogen-bond donors (Lipinski definition) is 1. The van der Waals surface area contributed by atoms with Crippen LogP contribution in [0.4, 0.5) is 23.2 Å². The van der Waals surface area contributed by atoms with E-state index in [4.69, 9.17) is 15.5 Å². The number of anilines is 1. The number of amides is 2. The highest BCUT2D eigenvalue weighted by Gasteiger charge is 2.57. The minimum Gasteiger partial charge on any atom is -0.482 e. The lowest BCUT2D eigenvalue weighted by Crippen LogP contribution is -2.38. The van der Waals surface area contributed by atoms with Crippen molar-refractivity contribution in [3.63, 3.8) is 0 Å². The molecule has 0 radical (unpaired) electrons. The number of aromatic nitrogens is 3. The molecule has 2 aromatic carbocycles. The Morgan fingerprint density at radius 3 is 2.56 bits per heavy atom. The predicted octanol–water partition coefficient (Wildman–Crippen LogP) is 4.87. The topological polar surface area (TPSA) is 107 Å². The summed E-state index contributed by atoms with van der Waals surface area (Å²) in [5.41, 5.74) is 8.32. The Morgan fingerprint density at radius 2 is 1.87 bits per heavy atom. The SMILES string of the molecule is CN1CCC(n2ncc3c(-c4ccc5c(c4)OCC(=O)N5Cc4ccc(F)c(F)c4)c(C(N)=O)c(CC4CC4(F)F)nc32)CC1. The first-order valence-electron chi connectivity index (χ1n) is 14.8. The van der Waals surface area contributed by atoms with Gasteiger partial charge in [-0.15, -0.1) is 0 Å². The third-order valence-electron chi connectivity index (χ3n) is 9.01. The molecule has 0 spiro atoms. The number of alkyl halides is 2. The van der Waals surface area contributed by atoms with E-state index < -0.39 is 29.4 Å². The Morgan fingerprint density at radius 1 is 1.11 bits per heavy atom. The number of carbonyl (C=O) groups excluding carboxylic acids is 2. The van der Waals surface area contributed by atoms with E-state index in [1.165, 1.54) is 11.0 Å². The fourth-order valence-corrected chi connectivity index (χ4v) is 6.40. The summed E-state index contributed by atoms with van der Waals surface area (Å²) in [6.07, 6.45) is 2.86. The smallest absolute Gasteiger partial charge is 0.265 e. The highest BCUT2D eigenvalue weighted by molar-refractivity contribution is 6.09. The van der Waals surface area contributed by atoms with Gasteiger partial charge < -0.3 is 20.3 Å². The van der Waals surface area contributed by atoms with E-state index >= 15 is 0 Å². The minimum absolute atomic E-state index is 0.0269. The molecule has 234 valence electrons. The summed E-state index contributed by atoms with van der Waals surface area (Å²) < 4.78 is 63.2. The zero-order valence-corrected chi connectivity index (χ0v) is 24.4. The summed E-state index contributed by atoms with van der Waals surface area (Å²) in [5, 5.41) is 5.20. The molecule has 4 aromatic rings. The predicted molar refractivity (Wildman–Crippen MR) is 157 cm³/mol. The van der Waals surface area contributed by atoms with Crippen molar-refractivity contribution in [3.8, 4) is 16.9 Å². The van der Waals surface area contributed by atoms with Crippen molar-refractivity contribution < 1.29 is 31.9 Å². The maximum atomic E-state index is 14.1. The summed E-state index contributed by atoms with van der Waals surface area (Å²) in [7, 11) is 2.05. The third kappa shape index (κ3) is 5.28. The number of nitrogens with zero attached hydrogens (tertiary/aromatic N) is 5. The van der Waals surface area contributed by atoms with Crippen LogP contribution >= 0.6 is 0 Å². The molecule has 2 aromatic heterocycles. The molecule has 1 saturated carbocycles. The van der Waals surface area contributed by atoms with E-state index in [0.29, 0.717) is 39.2 Å². The zero-order chi connectivity index (χ0) is 31.6. The van der Waals surface area contributed by atoms with Gasteiger partial charge in [0, 0.05) is 23.3 Å². The lowest BCUT2D eigenvalue weighted by Gasteiger charge is -2.30. The Bertz CT molecular complexity index is 1850. The van der Waals surface area contributed by atoms with Gasteiger partial charge in [-0.05, 0) is 74.8 Å². The molecule has 0 bridgehead atoms. The maximum absolute atomic E-state index is 14.1. The number of likely N-dealkylation sites (tertiary alicyclic amines) is 1. The van der Waals surface area contributed by atoms with Crippen LogP contribution in [0, 0.1) is 17.6 Å². The Kier molecular flexibility index (Phi) is 7.03. The zero-order valence-electron chi connectivity index (χ0n) is 24.4. The van der Waals surface area contributed by atoms with E-state index in [2.05, 4.69) is 10.00 Å². The fraction of sp³-hybridized carbons (Fsp3) is 0.375. The highest BCUT2D eigenvalue weighted by Crippen LogP contribution is 2.51. The van der Waals surface area contributed by atoms with Crippen LogP contribution in [0.3, 0.4) is 0 Å². The molecule has 2 aliphatic heterocycles. The van der Waals surface area contributed by atoms with Gasteiger partial charge in [-0.1, -0.05) is 12.1 Å². The number of carbonyl (C=O) groups is 2. The van der Waals surface area contributed by atoms with Gasteiger partial charge in [-0.2, -0.15) is 5.10 Å². The summed E-state index contributed by atoms with van der Waals surface area (Å²) >= 11 is 0. The Balaban J connectivity index is 1.34. The first-order chi connectivity index (χ1) is 21.5. The normalized spacial score (nSPS) is 19.9. The minimum atomic E-state index is -2.83. The second-order valence-corrected chi connectivity index (χ2v) is 12.1. The molecule has 2 N–H and O–H groups in total. The number of fused-ring (bicyclic) bond motifs is 2. The number of hydrogen-bond acceptors (Lipinski definition) is 6. The highest BCUT2D eigenvalue weighted by atomic mass is 19.3. The standard InChI is InChI=1S/C32H30F4N6O3/c1-40-8-6-20(7-9-40)42-31-21(14-38-42)28(29(30(37)44)24(39-31)12-19-13-32(19,35)36)18-3-5-25-26(11-18)45-16-27(43)41(25)15-17-2-4-22(33)23(34)10-17/h2-5,10-11,14,19-20H,6-9,12-13,15-16H2,1H3,(H2,37,44). The van der Waals surface area contributed by atoms with Crippen LogP contribution in [-0.4, -0.2) is 64.1 Å². The molecule has 3 aliphatic rings. The van der Waals surface area contributed by atoms with Gasteiger partial charge in [0.15, 0.2) is 23.9 Å². The van der Waals surface area contributed by atoms with Crippen LogP contribution in [0.5, 0.6) is 5.75 Å². The number of rotatable bonds is 7. The molecule has 1 atom stereocenters. The number of halogens is 4. The first-order valence-corrected chi connectivity index (χ1v) is 14.8. The van der Waals surface area contributed by atoms with Crippen LogP contribution < -0.4 is 15.4 Å². The van der Waals surface area contributed by atoms with E-state index in [1.807, 2.05) is 11.7 Å². The van der Waals surface area contributed by atoms with Crippen molar-refractivity contribution in [2.45, 2.75) is 44.2 Å². The second kappa shape index (κ2) is 10.8. The van der Waals surface area contributed by atoms with Gasteiger partial charge in [0.25, 0.3) is 17.7 Å². The molecule has 2 fully saturated rings. The van der Waals surface area contributed by atoms with E-state index in [1.54, 1.807) is 24.4 Å². The average molecular weight is 623 g/mol. The molecule has 13 heteroatoms. The van der Waals surface area contributed by atoms with E-state index in [9.17, 15) is 27.2 Å². The van der Waals surface area contributed by atoms with Crippen molar-refractivity contribution in [3.05, 3.63) is 71.1 Å². The van der Waals surface area contributed by atoms with Crippen molar-refractivity contribution in [1.29, 1.82) is 0 Å². The molecule has 2 amide bonds. The first kappa shape index (κ1) is 29.2. The molecule has 1 unspecified atom stereocenters. The number of piperidine rings is 1. The Hall–Kier alpha value is -4.52. The molecule has 45 heavy (non-hydrogen) atoms. The molecule has 1 aliphatic carbocycles. The molecular weight excluding hydrogens is 592 g/mol. The van der Waals surface area contributed by atoms with E-state index in [-0.39, 0.29) is 49.2 Å². The maximum Gasteiger partial charge on any atom is 0.265 e. The van der Waals surface area contributed by atoms with Gasteiger partial charge in [-0.25, -0.2) is 27.2 Å². The quantitative estimate of drug-likeness (QED) is 0.295. The van der Waals surface area contributed by atoms with Crippen LogP contribution in [0.15, 0.2) is 42.6 Å². The lowest BCUT2D eigenvalue weighted by atomic mass is 9.93. The monoisotopic (exact) mass is 622 g/mol. The summed E-state index contributed by atoms with van der Waals surface area (Å²) in [4.78, 5) is 34.3. The van der Waals surface area contributed by atoms with Crippen molar-refractivity contribution in [2.75, 3.05) is 31.6 Å². The van der Waals surface area contributed by atoms with Crippen LogP contribution in [0.1, 0.15) is 46.9 Å². The van der Waals surface area contributed by atoms with E-state index in [0.717, 1.165) is 38.1 Å². The average Bonchev–Trinajstić information content (AvgIpc) is 3.39. The van der Waals surface area contributed by atoms with Gasteiger partial charge in [0.1, 0.15) is 5.75 Å². The van der Waals surface area contributed by atoms with Crippen LogP contribution in [0.2, 0.25) is 0 Å². The summed E-state index contributed by atoms with van der Waals surface area (Å²) in [6, 6.07) is 8.44. The van der Waals surface area contributed by atoms with Gasteiger partial charge in [0.05, 0.1) is 35.7 Å². The molecule has 1 saturated heterocycles. The molecular formula is C32H30F4N6O3. The summed E-state index contributed by atoms with van der Waals surface area (Å²) in [5.74, 6) is -6.66. The van der Waals surface area contributed by atoms with Crippen LogP contribution in [0.25, 0.3) is 22.2 Å². The lowest BCUT2D eigenvalue weighted by molar-refractivity contribution is -0.121. The van der Waals surface area contributed by atoms with Gasteiger partial charge in [-0.3, -0.25) is 9.59 Å². The fourth-order valence-electron chi connectivity index (χ4n) is 6.40. The third-order valence-corrected chi connectivity index (χ3v) is 9.01. The number of primary amides is 1. The summed E-state index contributed by atoms with van der Waals surface area (Å²) in [6.45, 7) is 1.40. The van der Waals surface area contributed by atoms with Crippen molar-refractivity contribution in [1.82, 2.24) is 19.7 Å². The Labute approximate surface area is 255 Å². The number of ether oxygens (including phenoxy) is 1.